The van der Waals surface area contributed by atoms with Crippen LogP contribution in [0.1, 0.15) is 21.9 Å². The summed E-state index contributed by atoms with van der Waals surface area (Å²) in [6.07, 6.45) is 3.96. The van der Waals surface area contributed by atoms with Crippen molar-refractivity contribution in [3.05, 3.63) is 65.8 Å². The van der Waals surface area contributed by atoms with Gasteiger partial charge in [0.1, 0.15) is 11.5 Å². The number of rotatable bonds is 2. The summed E-state index contributed by atoms with van der Waals surface area (Å²) in [6, 6.07) is 7.94. The Morgan fingerprint density at radius 2 is 2.13 bits per heavy atom. The smallest absolute Gasteiger partial charge is 0.274 e. The molecule has 4 rings (SSSR count). The minimum atomic E-state index is -0.380. The normalized spacial score (nSPS) is 13.9. The summed E-state index contributed by atoms with van der Waals surface area (Å²) in [5, 5.41) is 4.22. The molecule has 1 N–H and O–H groups in total. The highest BCUT2D eigenvalue weighted by atomic mass is 19.1. The Labute approximate surface area is 131 Å². The molecule has 0 fully saturated rings. The average molecular weight is 311 g/mol. The van der Waals surface area contributed by atoms with Crippen molar-refractivity contribution in [2.24, 2.45) is 0 Å². The van der Waals surface area contributed by atoms with E-state index in [4.69, 9.17) is 0 Å². The number of hydrogen-bond acceptors (Lipinski definition) is 3. The van der Waals surface area contributed by atoms with Gasteiger partial charge in [-0.15, -0.1) is 0 Å². The molecule has 23 heavy (non-hydrogen) atoms. The number of para-hydroxylation sites is 1. The van der Waals surface area contributed by atoms with Gasteiger partial charge >= 0.3 is 0 Å². The molecule has 1 aliphatic rings. The first-order valence-electron chi connectivity index (χ1n) is 7.33. The lowest BCUT2D eigenvalue weighted by Gasteiger charge is -2.25. The van der Waals surface area contributed by atoms with E-state index >= 15 is 0 Å². The molecule has 2 aromatic heterocycles. The van der Waals surface area contributed by atoms with Crippen molar-refractivity contribution in [2.75, 3.05) is 6.54 Å². The van der Waals surface area contributed by atoms with Gasteiger partial charge in [0.05, 0.1) is 24.3 Å². The highest BCUT2D eigenvalue weighted by Gasteiger charge is 2.24. The van der Waals surface area contributed by atoms with Crippen LogP contribution < -0.4 is 0 Å². The largest absolute Gasteiger partial charge is 0.347 e. The fourth-order valence-electron chi connectivity index (χ4n) is 2.76. The van der Waals surface area contributed by atoms with E-state index in [1.807, 2.05) is 0 Å². The van der Waals surface area contributed by atoms with Gasteiger partial charge in [0, 0.05) is 19.2 Å². The van der Waals surface area contributed by atoms with E-state index in [9.17, 15) is 9.18 Å². The zero-order chi connectivity index (χ0) is 15.8. The highest BCUT2D eigenvalue weighted by molar-refractivity contribution is 5.92. The second-order valence-corrected chi connectivity index (χ2v) is 5.40. The topological polar surface area (TPSA) is 66.8 Å². The van der Waals surface area contributed by atoms with Gasteiger partial charge in [-0.1, -0.05) is 12.1 Å². The number of nitrogens with one attached hydrogen (secondary N) is 1. The molecular formula is C16H14FN5O. The minimum absolute atomic E-state index is 0.166. The zero-order valence-corrected chi connectivity index (χ0v) is 12.2. The summed E-state index contributed by atoms with van der Waals surface area (Å²) in [5.41, 5.74) is 2.58. The fourth-order valence-corrected chi connectivity index (χ4v) is 2.76. The number of carbonyl (C=O) groups is 1. The summed E-state index contributed by atoms with van der Waals surface area (Å²) >= 11 is 0. The summed E-state index contributed by atoms with van der Waals surface area (Å²) in [4.78, 5) is 21.6. The van der Waals surface area contributed by atoms with Crippen molar-refractivity contribution in [1.82, 2.24) is 24.6 Å². The Kier molecular flexibility index (Phi) is 3.18. The monoisotopic (exact) mass is 311 g/mol. The van der Waals surface area contributed by atoms with Gasteiger partial charge in [-0.25, -0.2) is 14.1 Å². The number of imidazole rings is 1. The lowest BCUT2D eigenvalue weighted by molar-refractivity contribution is 0.0725. The predicted molar refractivity (Wildman–Crippen MR) is 80.6 cm³/mol. The molecule has 0 spiro atoms. The molecule has 1 amide bonds. The van der Waals surface area contributed by atoms with Crippen LogP contribution in [-0.4, -0.2) is 37.1 Å². The first-order valence-corrected chi connectivity index (χ1v) is 7.33. The molecule has 0 radical (unpaired) electrons. The molecule has 0 atom stereocenters. The van der Waals surface area contributed by atoms with Gasteiger partial charge in [0.15, 0.2) is 5.69 Å². The number of hydrogen-bond donors (Lipinski definition) is 1. The van der Waals surface area contributed by atoms with Crippen LogP contribution in [-0.2, 0) is 13.0 Å². The molecule has 7 heteroatoms. The van der Waals surface area contributed by atoms with E-state index in [2.05, 4.69) is 15.1 Å². The van der Waals surface area contributed by atoms with Gasteiger partial charge in [0.2, 0.25) is 0 Å². The third-order valence-electron chi connectivity index (χ3n) is 3.97. The minimum Gasteiger partial charge on any atom is -0.347 e. The molecule has 0 aliphatic carbocycles. The van der Waals surface area contributed by atoms with Crippen LogP contribution in [0.5, 0.6) is 0 Å². The van der Waals surface area contributed by atoms with Gasteiger partial charge in [0.25, 0.3) is 5.91 Å². The van der Waals surface area contributed by atoms with Gasteiger partial charge in [-0.05, 0) is 18.2 Å². The Hall–Kier alpha value is -2.96. The van der Waals surface area contributed by atoms with Gasteiger partial charge in [-0.2, -0.15) is 5.10 Å². The number of fused-ring (bicyclic) bond motifs is 1. The number of carbonyl (C=O) groups excluding carboxylic acids is 1. The number of amides is 1. The van der Waals surface area contributed by atoms with Crippen LogP contribution in [0.4, 0.5) is 4.39 Å². The van der Waals surface area contributed by atoms with Crippen molar-refractivity contribution < 1.29 is 9.18 Å². The maximum Gasteiger partial charge on any atom is 0.274 e. The van der Waals surface area contributed by atoms with Crippen molar-refractivity contribution in [3.63, 3.8) is 0 Å². The fraction of sp³-hybridized carbons (Fsp3) is 0.188. The molecule has 116 valence electrons. The lowest BCUT2D eigenvalue weighted by Crippen LogP contribution is -2.36. The van der Waals surface area contributed by atoms with Crippen LogP contribution in [0, 0.1) is 5.82 Å². The molecular weight excluding hydrogens is 297 g/mol. The highest BCUT2D eigenvalue weighted by Crippen LogP contribution is 2.18. The Morgan fingerprint density at radius 1 is 1.26 bits per heavy atom. The summed E-state index contributed by atoms with van der Waals surface area (Å²) < 4.78 is 15.2. The predicted octanol–water partition coefficient (Wildman–Crippen LogP) is 1.93. The molecule has 0 saturated carbocycles. The van der Waals surface area contributed by atoms with Crippen molar-refractivity contribution in [1.29, 1.82) is 0 Å². The van der Waals surface area contributed by atoms with Crippen LogP contribution in [0.3, 0.4) is 0 Å². The molecule has 3 aromatic rings. The Bertz CT molecular complexity index is 869. The van der Waals surface area contributed by atoms with Crippen molar-refractivity contribution >= 4 is 5.91 Å². The van der Waals surface area contributed by atoms with Crippen molar-refractivity contribution in [2.45, 2.75) is 13.0 Å². The summed E-state index contributed by atoms with van der Waals surface area (Å²) in [6.45, 7) is 1.09. The molecule has 1 aliphatic heterocycles. The SMILES string of the molecule is O=C(c1ccn(-c2ccccc2F)n1)N1CCc2nc[nH]c2C1. The van der Waals surface area contributed by atoms with Crippen LogP contribution in [0.25, 0.3) is 5.69 Å². The van der Waals surface area contributed by atoms with Crippen LogP contribution in [0.15, 0.2) is 42.9 Å². The maximum absolute atomic E-state index is 13.8. The third-order valence-corrected chi connectivity index (χ3v) is 3.97. The molecule has 6 nitrogen and oxygen atoms in total. The second kappa shape index (κ2) is 5.35. The number of H-pyrrole nitrogens is 1. The number of nitrogens with zero attached hydrogens (tertiary/aromatic N) is 4. The number of halogens is 1. The van der Waals surface area contributed by atoms with Crippen molar-refractivity contribution in [3.8, 4) is 5.69 Å². The Morgan fingerprint density at radius 3 is 3.00 bits per heavy atom. The number of aromatic nitrogens is 4. The number of aromatic amines is 1. The van der Waals surface area contributed by atoms with E-state index in [1.54, 1.807) is 41.7 Å². The van der Waals surface area contributed by atoms with E-state index in [-0.39, 0.29) is 11.7 Å². The Balaban J connectivity index is 1.58. The van der Waals surface area contributed by atoms with E-state index in [0.29, 0.717) is 24.5 Å². The first-order chi connectivity index (χ1) is 11.2. The zero-order valence-electron chi connectivity index (χ0n) is 12.2. The third kappa shape index (κ3) is 2.40. The average Bonchev–Trinajstić information content (AvgIpc) is 3.23. The van der Waals surface area contributed by atoms with Crippen LogP contribution >= 0.6 is 0 Å². The maximum atomic E-state index is 13.8. The molecule has 0 bridgehead atoms. The van der Waals surface area contributed by atoms with Gasteiger partial charge in [-0.3, -0.25) is 4.79 Å². The lowest BCUT2D eigenvalue weighted by atomic mass is 10.1. The van der Waals surface area contributed by atoms with Crippen LogP contribution in [0.2, 0.25) is 0 Å². The molecule has 1 aromatic carbocycles. The standard InChI is InChI=1S/C16H14FN5O/c17-11-3-1-2-4-15(11)22-8-6-13(20-22)16(23)21-7-5-12-14(9-21)19-10-18-12/h1-4,6,8,10H,5,7,9H2,(H,18,19). The van der Waals surface area contributed by atoms with E-state index in [0.717, 1.165) is 17.8 Å². The summed E-state index contributed by atoms with van der Waals surface area (Å²) in [5.74, 6) is -0.546. The second-order valence-electron chi connectivity index (χ2n) is 5.40. The van der Waals surface area contributed by atoms with E-state index < -0.39 is 0 Å². The first kappa shape index (κ1) is 13.7. The molecule has 0 unspecified atom stereocenters. The quantitative estimate of drug-likeness (QED) is 0.786. The molecule has 0 saturated heterocycles. The van der Waals surface area contributed by atoms with Gasteiger partial charge < -0.3 is 9.88 Å². The summed E-state index contributed by atoms with van der Waals surface area (Å²) in [7, 11) is 0. The number of benzene rings is 1. The van der Waals surface area contributed by atoms with E-state index in [1.165, 1.54) is 10.7 Å². The molecule has 3 heterocycles.